The first-order valence-electron chi connectivity index (χ1n) is 12.4. The van der Waals surface area contributed by atoms with E-state index in [9.17, 15) is 5.11 Å². The number of ether oxygens (including phenoxy) is 3. The van der Waals surface area contributed by atoms with Crippen molar-refractivity contribution in [1.82, 2.24) is 0 Å². The molecule has 3 fully saturated rings. The maximum atomic E-state index is 11.4. The Balaban J connectivity index is 1.41. The fourth-order valence-corrected chi connectivity index (χ4v) is 7.84. The lowest BCUT2D eigenvalue weighted by molar-refractivity contribution is -0.175. The van der Waals surface area contributed by atoms with Crippen molar-refractivity contribution in [2.75, 3.05) is 20.3 Å². The van der Waals surface area contributed by atoms with Gasteiger partial charge in [0.2, 0.25) is 0 Å². The van der Waals surface area contributed by atoms with Gasteiger partial charge in [0.15, 0.2) is 5.79 Å². The highest BCUT2D eigenvalue weighted by Crippen LogP contribution is 2.66. The van der Waals surface area contributed by atoms with Gasteiger partial charge in [0.1, 0.15) is 5.75 Å². The van der Waals surface area contributed by atoms with E-state index in [-0.39, 0.29) is 11.2 Å². The third kappa shape index (κ3) is 2.92. The van der Waals surface area contributed by atoms with Crippen LogP contribution in [0.1, 0.15) is 63.9 Å². The lowest BCUT2D eigenvalue weighted by atomic mass is 9.48. The van der Waals surface area contributed by atoms with Crippen LogP contribution in [0.3, 0.4) is 0 Å². The lowest BCUT2D eigenvalue weighted by Crippen LogP contribution is -2.52. The van der Waals surface area contributed by atoms with Gasteiger partial charge in [-0.1, -0.05) is 42.4 Å². The Bertz CT molecular complexity index is 952. The summed E-state index contributed by atoms with van der Waals surface area (Å²) >= 11 is 0. The Labute approximate surface area is 191 Å². The van der Waals surface area contributed by atoms with Crippen LogP contribution in [0.15, 0.2) is 47.6 Å². The minimum absolute atomic E-state index is 0.169. The molecule has 1 N–H and O–H groups in total. The Hall–Kier alpha value is -1.62. The smallest absolute Gasteiger partial charge is 0.172 e. The monoisotopic (exact) mass is 436 g/mol. The molecule has 6 rings (SSSR count). The maximum Gasteiger partial charge on any atom is 0.172 e. The molecule has 0 bridgehead atoms. The molecule has 4 aliphatic carbocycles. The van der Waals surface area contributed by atoms with Crippen LogP contribution in [0.4, 0.5) is 0 Å². The summed E-state index contributed by atoms with van der Waals surface area (Å²) in [5, 5.41) is 11.4. The van der Waals surface area contributed by atoms with Gasteiger partial charge >= 0.3 is 0 Å². The topological polar surface area (TPSA) is 47.9 Å². The van der Waals surface area contributed by atoms with Crippen LogP contribution in [0.2, 0.25) is 0 Å². The summed E-state index contributed by atoms with van der Waals surface area (Å²) in [6.07, 6.45) is 10.8. The summed E-state index contributed by atoms with van der Waals surface area (Å²) in [5.41, 5.74) is 3.61. The molecular formula is C28H36O4. The molecular weight excluding hydrogens is 400 g/mol. The third-order valence-electron chi connectivity index (χ3n) is 9.74. The number of benzene rings is 1. The van der Waals surface area contributed by atoms with E-state index in [1.165, 1.54) is 11.1 Å². The second-order valence-corrected chi connectivity index (χ2v) is 11.2. The average Bonchev–Trinajstić information content (AvgIpc) is 3.34. The highest BCUT2D eigenvalue weighted by molar-refractivity contribution is 5.41. The summed E-state index contributed by atoms with van der Waals surface area (Å²) in [5.74, 6) is 2.59. The summed E-state index contributed by atoms with van der Waals surface area (Å²) < 4.78 is 17.6. The highest BCUT2D eigenvalue weighted by Gasteiger charge is 2.60. The molecule has 1 aromatic carbocycles. The molecule has 32 heavy (non-hydrogen) atoms. The normalized spacial score (nSPS) is 42.0. The van der Waals surface area contributed by atoms with Crippen molar-refractivity contribution >= 4 is 0 Å². The minimum Gasteiger partial charge on any atom is -0.497 e. The van der Waals surface area contributed by atoms with E-state index in [4.69, 9.17) is 14.2 Å². The number of methoxy groups -OCH3 is 1. The number of allylic oxidation sites excluding steroid dienone is 1. The molecule has 1 aliphatic heterocycles. The maximum absolute atomic E-state index is 11.4. The van der Waals surface area contributed by atoms with Crippen molar-refractivity contribution < 1.29 is 19.3 Å². The number of hydrogen-bond acceptors (Lipinski definition) is 4. The molecule has 0 amide bonds. The Morgan fingerprint density at radius 3 is 2.47 bits per heavy atom. The molecule has 0 radical (unpaired) electrons. The summed E-state index contributed by atoms with van der Waals surface area (Å²) in [6, 6.07) is 8.71. The molecule has 1 saturated heterocycles. The molecule has 2 saturated carbocycles. The predicted octanol–water partition coefficient (Wildman–Crippen LogP) is 5.38. The van der Waals surface area contributed by atoms with Gasteiger partial charge in [0.05, 0.1) is 25.9 Å². The van der Waals surface area contributed by atoms with E-state index in [2.05, 4.69) is 43.3 Å². The summed E-state index contributed by atoms with van der Waals surface area (Å²) in [7, 11) is 1.72. The van der Waals surface area contributed by atoms with E-state index >= 15 is 0 Å². The lowest BCUT2D eigenvalue weighted by Gasteiger charge is -2.57. The van der Waals surface area contributed by atoms with Crippen LogP contribution >= 0.6 is 0 Å². The quantitative estimate of drug-likeness (QED) is 0.633. The van der Waals surface area contributed by atoms with Gasteiger partial charge in [0, 0.05) is 18.3 Å². The molecule has 1 aromatic rings. The van der Waals surface area contributed by atoms with Crippen molar-refractivity contribution in [3.63, 3.8) is 0 Å². The van der Waals surface area contributed by atoms with E-state index < -0.39 is 5.60 Å². The largest absolute Gasteiger partial charge is 0.497 e. The number of hydrogen-bond donors (Lipinski definition) is 1. The molecule has 4 heteroatoms. The van der Waals surface area contributed by atoms with Gasteiger partial charge in [-0.2, -0.15) is 0 Å². The average molecular weight is 437 g/mol. The van der Waals surface area contributed by atoms with Gasteiger partial charge in [-0.3, -0.25) is 0 Å². The van der Waals surface area contributed by atoms with Crippen molar-refractivity contribution in [2.24, 2.45) is 23.2 Å². The zero-order valence-corrected chi connectivity index (χ0v) is 19.6. The van der Waals surface area contributed by atoms with Crippen LogP contribution in [-0.2, 0) is 9.47 Å². The number of fused-ring (bicyclic) bond motifs is 5. The Morgan fingerprint density at radius 2 is 1.75 bits per heavy atom. The second-order valence-electron chi connectivity index (χ2n) is 11.2. The molecule has 0 unspecified atom stereocenters. The van der Waals surface area contributed by atoms with Crippen LogP contribution in [0, 0.1) is 23.2 Å². The molecule has 1 heterocycles. The van der Waals surface area contributed by atoms with Crippen molar-refractivity contribution in [2.45, 2.75) is 69.7 Å². The minimum atomic E-state index is -0.676. The van der Waals surface area contributed by atoms with Crippen LogP contribution in [0.5, 0.6) is 5.75 Å². The first-order chi connectivity index (χ1) is 15.4. The predicted molar refractivity (Wildman–Crippen MR) is 123 cm³/mol. The van der Waals surface area contributed by atoms with Crippen LogP contribution in [0.25, 0.3) is 0 Å². The zero-order chi connectivity index (χ0) is 22.1. The first kappa shape index (κ1) is 20.9. The zero-order valence-electron chi connectivity index (χ0n) is 19.6. The van der Waals surface area contributed by atoms with E-state index in [0.717, 1.165) is 57.5 Å². The SMILES string of the molecule is COc1ccc([C@H]2C[C@@]3(C)C(=CC[C@]3(C)O)[C@@H]3CC=C4CC5(CC[C@@H]4[C@@H]23)OCCO5)cc1. The Kier molecular flexibility index (Phi) is 4.71. The van der Waals surface area contributed by atoms with E-state index in [1.807, 2.05) is 6.92 Å². The molecule has 4 nitrogen and oxygen atoms in total. The van der Waals surface area contributed by atoms with Gasteiger partial charge in [-0.15, -0.1) is 0 Å². The Morgan fingerprint density at radius 1 is 1.00 bits per heavy atom. The standard InChI is InChI=1S/C28H36O4/c1-26-17-23(18-4-7-20(30-3)8-5-18)25-21-10-13-28(31-14-15-32-28)16-19(21)6-9-22(25)24(26)11-12-27(26,2)29/h4-8,11,21-23,25,29H,9-10,12-17H2,1-3H3/t21-,22-,23+,25+,26-,27-/m0/s1. The first-order valence-corrected chi connectivity index (χ1v) is 12.4. The van der Waals surface area contributed by atoms with Gasteiger partial charge in [-0.25, -0.2) is 0 Å². The fraction of sp³-hybridized carbons (Fsp3) is 0.643. The van der Waals surface area contributed by atoms with Crippen LogP contribution in [-0.4, -0.2) is 36.8 Å². The van der Waals surface area contributed by atoms with Crippen molar-refractivity contribution in [1.29, 1.82) is 0 Å². The summed E-state index contributed by atoms with van der Waals surface area (Å²) in [4.78, 5) is 0. The number of rotatable bonds is 2. The van der Waals surface area contributed by atoms with Crippen molar-refractivity contribution in [3.05, 3.63) is 53.1 Å². The van der Waals surface area contributed by atoms with E-state index in [1.54, 1.807) is 12.7 Å². The summed E-state index contributed by atoms with van der Waals surface area (Å²) in [6.45, 7) is 5.80. The van der Waals surface area contributed by atoms with Crippen LogP contribution < -0.4 is 4.74 Å². The number of aliphatic hydroxyl groups is 1. The molecule has 1 spiro atoms. The van der Waals surface area contributed by atoms with Crippen molar-refractivity contribution in [3.8, 4) is 5.75 Å². The second kappa shape index (κ2) is 7.19. The van der Waals surface area contributed by atoms with Gasteiger partial charge < -0.3 is 19.3 Å². The highest BCUT2D eigenvalue weighted by atomic mass is 16.7. The van der Waals surface area contributed by atoms with E-state index in [0.29, 0.717) is 23.7 Å². The third-order valence-corrected chi connectivity index (χ3v) is 9.74. The molecule has 172 valence electrons. The molecule has 0 aromatic heterocycles. The molecule has 5 aliphatic rings. The molecule has 6 atom stereocenters. The van der Waals surface area contributed by atoms with Gasteiger partial charge in [0.25, 0.3) is 0 Å². The van der Waals surface area contributed by atoms with Gasteiger partial charge in [-0.05, 0) is 74.0 Å². The fourth-order valence-electron chi connectivity index (χ4n) is 7.84.